The van der Waals surface area contributed by atoms with Gasteiger partial charge in [0.1, 0.15) is 5.75 Å². The molecule has 15 heavy (non-hydrogen) atoms. The van der Waals surface area contributed by atoms with Gasteiger partial charge in [0.2, 0.25) is 0 Å². The minimum absolute atomic E-state index is 0.484. The van der Waals surface area contributed by atoms with Crippen LogP contribution >= 0.6 is 0 Å². The fourth-order valence-corrected chi connectivity index (χ4v) is 1.85. The minimum atomic E-state index is 0.484. The first-order chi connectivity index (χ1) is 7.42. The number of nitrogens with one attached hydrogen (secondary N) is 1. The Kier molecular flexibility index (Phi) is 3.59. The Balaban J connectivity index is 1.85. The van der Waals surface area contributed by atoms with Crippen molar-refractivity contribution in [1.82, 2.24) is 5.32 Å². The molecule has 0 saturated heterocycles. The molecule has 0 aliphatic carbocycles. The molecule has 1 aliphatic rings. The summed E-state index contributed by atoms with van der Waals surface area (Å²) >= 11 is 0. The second-order valence-electron chi connectivity index (χ2n) is 3.74. The third kappa shape index (κ3) is 2.49. The molecule has 0 amide bonds. The van der Waals surface area contributed by atoms with Crippen molar-refractivity contribution in [3.8, 4) is 5.75 Å². The highest BCUT2D eigenvalue weighted by Crippen LogP contribution is 2.32. The maximum absolute atomic E-state index is 5.60. The summed E-state index contributed by atoms with van der Waals surface area (Å²) in [4.78, 5) is 0. The summed E-state index contributed by atoms with van der Waals surface area (Å²) in [6, 6.07) is 8.25. The molecule has 1 N–H and O–H groups in total. The number of fused-ring (bicyclic) bond motifs is 1. The van der Waals surface area contributed by atoms with Crippen LogP contribution in [0.15, 0.2) is 24.3 Å². The molecule has 0 radical (unpaired) electrons. The summed E-state index contributed by atoms with van der Waals surface area (Å²) in [7, 11) is 1.72. The van der Waals surface area contributed by atoms with E-state index < -0.39 is 0 Å². The standard InChI is InChI=1S/C12H17NO2/c1-14-7-6-13-8-10-9-15-12-5-3-2-4-11(10)12/h2-5,10,13H,6-9H2,1H3. The Hall–Kier alpha value is -1.06. The predicted molar refractivity (Wildman–Crippen MR) is 59.4 cm³/mol. The maximum atomic E-state index is 5.60. The number of benzene rings is 1. The van der Waals surface area contributed by atoms with E-state index in [0.717, 1.165) is 32.1 Å². The van der Waals surface area contributed by atoms with Crippen LogP contribution in [-0.4, -0.2) is 33.4 Å². The second kappa shape index (κ2) is 5.14. The van der Waals surface area contributed by atoms with E-state index in [4.69, 9.17) is 9.47 Å². The summed E-state index contributed by atoms with van der Waals surface area (Å²) in [5, 5.41) is 3.36. The van der Waals surface area contributed by atoms with E-state index in [1.54, 1.807) is 7.11 Å². The van der Waals surface area contributed by atoms with Gasteiger partial charge in [0, 0.05) is 31.7 Å². The van der Waals surface area contributed by atoms with E-state index in [-0.39, 0.29) is 0 Å². The van der Waals surface area contributed by atoms with Crippen LogP contribution in [0.25, 0.3) is 0 Å². The third-order valence-corrected chi connectivity index (χ3v) is 2.67. The van der Waals surface area contributed by atoms with E-state index in [1.165, 1.54) is 5.56 Å². The lowest BCUT2D eigenvalue weighted by atomic mass is 10.0. The second-order valence-corrected chi connectivity index (χ2v) is 3.74. The van der Waals surface area contributed by atoms with Crippen LogP contribution in [0.5, 0.6) is 5.75 Å². The smallest absolute Gasteiger partial charge is 0.122 e. The zero-order valence-corrected chi connectivity index (χ0v) is 9.03. The van der Waals surface area contributed by atoms with Gasteiger partial charge in [-0.1, -0.05) is 18.2 Å². The number of hydrogen-bond donors (Lipinski definition) is 1. The van der Waals surface area contributed by atoms with Crippen molar-refractivity contribution >= 4 is 0 Å². The van der Waals surface area contributed by atoms with E-state index >= 15 is 0 Å². The summed E-state index contributed by atoms with van der Waals surface area (Å²) < 4.78 is 10.6. The predicted octanol–water partition coefficient (Wildman–Crippen LogP) is 1.40. The van der Waals surface area contributed by atoms with Crippen molar-refractivity contribution < 1.29 is 9.47 Å². The van der Waals surface area contributed by atoms with Gasteiger partial charge in [0.15, 0.2) is 0 Å². The van der Waals surface area contributed by atoms with Gasteiger partial charge in [0.05, 0.1) is 13.2 Å². The quantitative estimate of drug-likeness (QED) is 0.740. The Morgan fingerprint density at radius 1 is 1.47 bits per heavy atom. The van der Waals surface area contributed by atoms with E-state index in [0.29, 0.717) is 5.92 Å². The Labute approximate surface area is 90.4 Å². The van der Waals surface area contributed by atoms with Crippen LogP contribution in [0.1, 0.15) is 11.5 Å². The lowest BCUT2D eigenvalue weighted by molar-refractivity contribution is 0.198. The molecule has 0 bridgehead atoms. The number of ether oxygens (including phenoxy) is 2. The van der Waals surface area contributed by atoms with Crippen molar-refractivity contribution in [3.05, 3.63) is 29.8 Å². The third-order valence-electron chi connectivity index (χ3n) is 2.67. The normalized spacial score (nSPS) is 18.6. The van der Waals surface area contributed by atoms with Crippen LogP contribution in [-0.2, 0) is 4.74 Å². The number of rotatable bonds is 5. The van der Waals surface area contributed by atoms with Crippen LogP contribution in [0.2, 0.25) is 0 Å². The van der Waals surface area contributed by atoms with Crippen LogP contribution < -0.4 is 10.1 Å². The van der Waals surface area contributed by atoms with Crippen LogP contribution in [0, 0.1) is 0 Å². The lowest BCUT2D eigenvalue weighted by Gasteiger charge is -2.09. The molecule has 0 fully saturated rings. The van der Waals surface area contributed by atoms with Crippen molar-refractivity contribution in [3.63, 3.8) is 0 Å². The highest BCUT2D eigenvalue weighted by atomic mass is 16.5. The highest BCUT2D eigenvalue weighted by Gasteiger charge is 2.22. The van der Waals surface area contributed by atoms with Crippen molar-refractivity contribution in [2.75, 3.05) is 33.4 Å². The molecule has 1 aliphatic heterocycles. The van der Waals surface area contributed by atoms with Gasteiger partial charge >= 0.3 is 0 Å². The SMILES string of the molecule is COCCNCC1COc2ccccc21. The fraction of sp³-hybridized carbons (Fsp3) is 0.500. The molecular weight excluding hydrogens is 190 g/mol. The van der Waals surface area contributed by atoms with Gasteiger partial charge in [-0.15, -0.1) is 0 Å². The van der Waals surface area contributed by atoms with E-state index in [2.05, 4.69) is 17.4 Å². The minimum Gasteiger partial charge on any atom is -0.493 e. The molecule has 1 atom stereocenters. The zero-order valence-electron chi connectivity index (χ0n) is 9.03. The molecule has 1 aromatic carbocycles. The van der Waals surface area contributed by atoms with Crippen LogP contribution in [0.4, 0.5) is 0 Å². The Bertz CT molecular complexity index is 314. The van der Waals surface area contributed by atoms with Gasteiger partial charge in [-0.05, 0) is 6.07 Å². The average molecular weight is 207 g/mol. The Morgan fingerprint density at radius 2 is 2.33 bits per heavy atom. The largest absolute Gasteiger partial charge is 0.493 e. The first kappa shape index (κ1) is 10.5. The molecule has 3 heteroatoms. The number of methoxy groups -OCH3 is 1. The van der Waals surface area contributed by atoms with E-state index in [1.807, 2.05) is 12.1 Å². The average Bonchev–Trinajstić information content (AvgIpc) is 2.68. The Morgan fingerprint density at radius 3 is 3.20 bits per heavy atom. The molecule has 0 spiro atoms. The first-order valence-electron chi connectivity index (χ1n) is 5.33. The maximum Gasteiger partial charge on any atom is 0.122 e. The molecular formula is C12H17NO2. The van der Waals surface area contributed by atoms with Gasteiger partial charge in [0.25, 0.3) is 0 Å². The van der Waals surface area contributed by atoms with Gasteiger partial charge in [-0.2, -0.15) is 0 Å². The first-order valence-corrected chi connectivity index (χ1v) is 5.33. The fourth-order valence-electron chi connectivity index (χ4n) is 1.85. The molecule has 0 saturated carbocycles. The topological polar surface area (TPSA) is 30.5 Å². The molecule has 1 aromatic rings. The van der Waals surface area contributed by atoms with Crippen molar-refractivity contribution in [2.45, 2.75) is 5.92 Å². The van der Waals surface area contributed by atoms with Gasteiger partial charge < -0.3 is 14.8 Å². The van der Waals surface area contributed by atoms with Gasteiger partial charge in [-0.25, -0.2) is 0 Å². The summed E-state index contributed by atoms with van der Waals surface area (Å²) in [5.74, 6) is 1.52. The van der Waals surface area contributed by atoms with E-state index in [9.17, 15) is 0 Å². The molecule has 1 heterocycles. The summed E-state index contributed by atoms with van der Waals surface area (Å²) in [6.45, 7) is 3.41. The summed E-state index contributed by atoms with van der Waals surface area (Å²) in [6.07, 6.45) is 0. The molecule has 1 unspecified atom stereocenters. The van der Waals surface area contributed by atoms with Crippen LogP contribution in [0.3, 0.4) is 0 Å². The number of hydrogen-bond acceptors (Lipinski definition) is 3. The lowest BCUT2D eigenvalue weighted by Crippen LogP contribution is -2.25. The molecule has 3 nitrogen and oxygen atoms in total. The van der Waals surface area contributed by atoms with Gasteiger partial charge in [-0.3, -0.25) is 0 Å². The van der Waals surface area contributed by atoms with Crippen molar-refractivity contribution in [1.29, 1.82) is 0 Å². The summed E-state index contributed by atoms with van der Waals surface area (Å²) in [5.41, 5.74) is 1.32. The monoisotopic (exact) mass is 207 g/mol. The number of para-hydroxylation sites is 1. The van der Waals surface area contributed by atoms with Crippen molar-refractivity contribution in [2.24, 2.45) is 0 Å². The zero-order chi connectivity index (χ0) is 10.5. The highest BCUT2D eigenvalue weighted by molar-refractivity contribution is 5.39. The molecule has 82 valence electrons. The molecule has 0 aromatic heterocycles. The molecule has 2 rings (SSSR count).